The normalized spacial score (nSPS) is 24.8. The van der Waals surface area contributed by atoms with E-state index in [-0.39, 0.29) is 17.9 Å². The second-order valence-corrected chi connectivity index (χ2v) is 3.17. The summed E-state index contributed by atoms with van der Waals surface area (Å²) in [5, 5.41) is 0. The first-order chi connectivity index (χ1) is 5.61. The molecule has 3 nitrogen and oxygen atoms in total. The molecule has 0 radical (unpaired) electrons. The van der Waals surface area contributed by atoms with Crippen LogP contribution in [-0.2, 0) is 4.79 Å². The zero-order valence-electron chi connectivity index (χ0n) is 7.45. The van der Waals surface area contributed by atoms with E-state index in [0.717, 1.165) is 12.1 Å². The molecule has 0 bridgehead atoms. The summed E-state index contributed by atoms with van der Waals surface area (Å²) in [7, 11) is 0. The number of dihydropyridines is 1. The van der Waals surface area contributed by atoms with Crippen LogP contribution >= 0.6 is 0 Å². The number of carbonyl (C=O) groups is 1. The van der Waals surface area contributed by atoms with E-state index < -0.39 is 0 Å². The molecule has 2 atom stereocenters. The molecule has 1 amide bonds. The van der Waals surface area contributed by atoms with Gasteiger partial charge in [-0.25, -0.2) is 0 Å². The fraction of sp³-hybridized carbons (Fsp3) is 0.556. The van der Waals surface area contributed by atoms with Crippen molar-refractivity contribution >= 4 is 11.6 Å². The van der Waals surface area contributed by atoms with Gasteiger partial charge in [-0.1, -0.05) is 13.0 Å². The van der Waals surface area contributed by atoms with Gasteiger partial charge in [-0.2, -0.15) is 0 Å². The molecule has 1 aliphatic rings. The topological polar surface area (TPSA) is 55.4 Å². The zero-order valence-corrected chi connectivity index (χ0v) is 7.45. The lowest BCUT2D eigenvalue weighted by molar-refractivity contribution is -0.121. The maximum absolute atomic E-state index is 10.8. The van der Waals surface area contributed by atoms with Gasteiger partial charge in [-0.05, 0) is 19.4 Å². The Kier molecular flexibility index (Phi) is 2.63. The summed E-state index contributed by atoms with van der Waals surface area (Å²) in [4.78, 5) is 15.2. The highest BCUT2D eigenvalue weighted by Gasteiger charge is 2.21. The largest absolute Gasteiger partial charge is 0.369 e. The number of primary amides is 1. The minimum absolute atomic E-state index is 0.0486. The first kappa shape index (κ1) is 8.97. The van der Waals surface area contributed by atoms with Gasteiger partial charge in [0.1, 0.15) is 0 Å². The molecule has 3 heteroatoms. The van der Waals surface area contributed by atoms with Gasteiger partial charge in [0.05, 0.1) is 12.0 Å². The van der Waals surface area contributed by atoms with Crippen LogP contribution in [0.3, 0.4) is 0 Å². The average Bonchev–Trinajstić information content (AvgIpc) is 2.03. The Bertz CT molecular complexity index is 243. The fourth-order valence-corrected chi connectivity index (χ4v) is 1.24. The Balaban J connectivity index is 2.66. The Labute approximate surface area is 72.4 Å². The van der Waals surface area contributed by atoms with Gasteiger partial charge in [0.2, 0.25) is 5.91 Å². The predicted molar refractivity (Wildman–Crippen MR) is 49.0 cm³/mol. The van der Waals surface area contributed by atoms with Crippen molar-refractivity contribution in [2.45, 2.75) is 26.3 Å². The van der Waals surface area contributed by atoms with Gasteiger partial charge in [-0.15, -0.1) is 0 Å². The van der Waals surface area contributed by atoms with Gasteiger partial charge in [0.15, 0.2) is 0 Å². The van der Waals surface area contributed by atoms with Crippen LogP contribution < -0.4 is 5.73 Å². The molecule has 0 fully saturated rings. The number of hydrogen-bond acceptors (Lipinski definition) is 2. The van der Waals surface area contributed by atoms with E-state index in [4.69, 9.17) is 5.73 Å². The van der Waals surface area contributed by atoms with Crippen LogP contribution in [0.2, 0.25) is 0 Å². The summed E-state index contributed by atoms with van der Waals surface area (Å²) in [6.45, 7) is 3.75. The molecule has 0 spiro atoms. The van der Waals surface area contributed by atoms with Crippen LogP contribution in [0.5, 0.6) is 0 Å². The van der Waals surface area contributed by atoms with Gasteiger partial charge in [0.25, 0.3) is 0 Å². The molecule has 12 heavy (non-hydrogen) atoms. The molecule has 1 heterocycles. The standard InChI is InChI=1S/C9H14N2O/c1-6-4-3-5-8(11-6)7(2)9(10)12/h3-4,7-8H,5H2,1-2H3,(H2,10,12). The zero-order chi connectivity index (χ0) is 9.14. The minimum atomic E-state index is -0.271. The molecule has 1 rings (SSSR count). The smallest absolute Gasteiger partial charge is 0.222 e. The van der Waals surface area contributed by atoms with E-state index in [2.05, 4.69) is 4.99 Å². The summed E-state index contributed by atoms with van der Waals surface area (Å²) >= 11 is 0. The monoisotopic (exact) mass is 166 g/mol. The fourth-order valence-electron chi connectivity index (χ4n) is 1.24. The predicted octanol–water partition coefficient (Wildman–Crippen LogP) is 0.897. The maximum Gasteiger partial charge on any atom is 0.222 e. The lowest BCUT2D eigenvalue weighted by Crippen LogP contribution is -2.31. The van der Waals surface area contributed by atoms with Crippen molar-refractivity contribution in [1.29, 1.82) is 0 Å². The second-order valence-electron chi connectivity index (χ2n) is 3.17. The highest BCUT2D eigenvalue weighted by molar-refractivity contribution is 5.93. The number of carbonyl (C=O) groups excluding carboxylic acids is 1. The van der Waals surface area contributed by atoms with Crippen molar-refractivity contribution in [1.82, 2.24) is 0 Å². The summed E-state index contributed by atoms with van der Waals surface area (Å²) in [6.07, 6.45) is 4.82. The number of hydrogen-bond donors (Lipinski definition) is 1. The van der Waals surface area contributed by atoms with Gasteiger partial charge >= 0.3 is 0 Å². The van der Waals surface area contributed by atoms with Crippen molar-refractivity contribution < 1.29 is 4.79 Å². The van der Waals surface area contributed by atoms with Crippen molar-refractivity contribution in [2.75, 3.05) is 0 Å². The Morgan fingerprint density at radius 1 is 1.83 bits per heavy atom. The van der Waals surface area contributed by atoms with E-state index in [9.17, 15) is 4.79 Å². The molecule has 0 saturated carbocycles. The number of amides is 1. The van der Waals surface area contributed by atoms with E-state index in [1.165, 1.54) is 0 Å². The van der Waals surface area contributed by atoms with E-state index in [0.29, 0.717) is 0 Å². The molecule has 1 aliphatic heterocycles. The minimum Gasteiger partial charge on any atom is -0.369 e. The van der Waals surface area contributed by atoms with Crippen LogP contribution in [0, 0.1) is 5.92 Å². The van der Waals surface area contributed by atoms with Crippen LogP contribution in [0.15, 0.2) is 17.1 Å². The molecule has 66 valence electrons. The van der Waals surface area contributed by atoms with Crippen LogP contribution in [-0.4, -0.2) is 17.7 Å². The Morgan fingerprint density at radius 2 is 2.50 bits per heavy atom. The maximum atomic E-state index is 10.8. The van der Waals surface area contributed by atoms with Crippen molar-refractivity contribution in [3.8, 4) is 0 Å². The lowest BCUT2D eigenvalue weighted by atomic mass is 9.96. The number of allylic oxidation sites excluding steroid dienone is 1. The quantitative estimate of drug-likeness (QED) is 0.651. The van der Waals surface area contributed by atoms with Crippen molar-refractivity contribution in [2.24, 2.45) is 16.6 Å². The number of aliphatic imine (C=N–C) groups is 1. The van der Waals surface area contributed by atoms with Crippen LogP contribution in [0.25, 0.3) is 0 Å². The highest BCUT2D eigenvalue weighted by Crippen LogP contribution is 2.15. The molecule has 0 aromatic heterocycles. The first-order valence-corrected chi connectivity index (χ1v) is 4.11. The third-order valence-corrected chi connectivity index (χ3v) is 2.13. The molecule has 0 aliphatic carbocycles. The molecular weight excluding hydrogens is 152 g/mol. The Morgan fingerprint density at radius 3 is 3.00 bits per heavy atom. The molecule has 0 aromatic carbocycles. The van der Waals surface area contributed by atoms with Gasteiger partial charge < -0.3 is 5.73 Å². The summed E-state index contributed by atoms with van der Waals surface area (Å²) in [5.74, 6) is -0.434. The summed E-state index contributed by atoms with van der Waals surface area (Å²) in [5.41, 5.74) is 6.15. The van der Waals surface area contributed by atoms with Crippen LogP contribution in [0.4, 0.5) is 0 Å². The van der Waals surface area contributed by atoms with Crippen molar-refractivity contribution in [3.63, 3.8) is 0 Å². The third-order valence-electron chi connectivity index (χ3n) is 2.13. The SMILES string of the molecule is CC1=NC(C(C)C(N)=O)CC=C1. The lowest BCUT2D eigenvalue weighted by Gasteiger charge is -2.18. The van der Waals surface area contributed by atoms with Crippen molar-refractivity contribution in [3.05, 3.63) is 12.2 Å². The highest BCUT2D eigenvalue weighted by atomic mass is 16.1. The van der Waals surface area contributed by atoms with Crippen LogP contribution in [0.1, 0.15) is 20.3 Å². The molecule has 0 saturated heterocycles. The summed E-state index contributed by atoms with van der Waals surface area (Å²) < 4.78 is 0. The average molecular weight is 166 g/mol. The Hall–Kier alpha value is -1.12. The first-order valence-electron chi connectivity index (χ1n) is 4.11. The van der Waals surface area contributed by atoms with E-state index >= 15 is 0 Å². The van der Waals surface area contributed by atoms with Gasteiger partial charge in [-0.3, -0.25) is 9.79 Å². The summed E-state index contributed by atoms with van der Waals surface area (Å²) in [6, 6.07) is 0.0486. The second kappa shape index (κ2) is 3.52. The molecule has 2 N–H and O–H groups in total. The third kappa shape index (κ3) is 1.94. The molecule has 2 unspecified atom stereocenters. The number of rotatable bonds is 2. The molecular formula is C9H14N2O. The van der Waals surface area contributed by atoms with Gasteiger partial charge in [0, 0.05) is 5.71 Å². The molecule has 0 aromatic rings. The number of nitrogens with two attached hydrogens (primary N) is 1. The van der Waals surface area contributed by atoms with E-state index in [1.54, 1.807) is 0 Å². The van der Waals surface area contributed by atoms with E-state index in [1.807, 2.05) is 26.0 Å². The number of nitrogens with zero attached hydrogens (tertiary/aromatic N) is 1.